The molecule has 2 N–H and O–H groups in total. The molecule has 0 saturated carbocycles. The van der Waals surface area contributed by atoms with E-state index in [1.807, 2.05) is 0 Å². The number of hydrogen-bond donors (Lipinski definition) is 2. The summed E-state index contributed by atoms with van der Waals surface area (Å²) in [7, 11) is 0. The van der Waals surface area contributed by atoms with E-state index < -0.39 is 37.3 Å². The van der Waals surface area contributed by atoms with Crippen LogP contribution in [-0.4, -0.2) is 37.3 Å². The lowest BCUT2D eigenvalue weighted by Crippen LogP contribution is -2.32. The van der Waals surface area contributed by atoms with Crippen LogP contribution in [0, 0.1) is 0 Å². The first kappa shape index (κ1) is 20.3. The molecular formula is C10H12F6N2O2. The van der Waals surface area contributed by atoms with E-state index in [0.717, 1.165) is 12.2 Å². The number of halogens is 6. The molecule has 4 nitrogen and oxygen atoms in total. The number of alkyl halides is 6. The molecule has 0 fully saturated rings. The van der Waals surface area contributed by atoms with Crippen LogP contribution in [-0.2, 0) is 9.59 Å². The van der Waals surface area contributed by atoms with Crippen molar-refractivity contribution in [3.63, 3.8) is 0 Å². The largest absolute Gasteiger partial charge is 0.405 e. The average Bonchev–Trinajstić information content (AvgIpc) is 2.31. The van der Waals surface area contributed by atoms with Gasteiger partial charge in [0.1, 0.15) is 13.1 Å². The normalized spacial score (nSPS) is 10.7. The first-order chi connectivity index (χ1) is 8.91. The predicted octanol–water partition coefficient (Wildman–Crippen LogP) is 1.70. The number of carbonyl (C=O) groups is 2. The van der Waals surface area contributed by atoms with Crippen LogP contribution in [0.1, 0.15) is 0 Å². The van der Waals surface area contributed by atoms with Crippen LogP contribution in [0.25, 0.3) is 0 Å². The van der Waals surface area contributed by atoms with Crippen LogP contribution in [0.5, 0.6) is 0 Å². The Bertz CT molecular complexity index is 315. The third-order valence-corrected chi connectivity index (χ3v) is 1.30. The molecule has 0 aromatic rings. The fourth-order valence-electron chi connectivity index (χ4n) is 0.519. The SMILES string of the molecule is C=CC(=O)NCC(F)(F)F.C=CC(=O)NCC(F)(F)F. The molecule has 0 aliphatic heterocycles. The van der Waals surface area contributed by atoms with Gasteiger partial charge in [0.15, 0.2) is 0 Å². The first-order valence-electron chi connectivity index (χ1n) is 4.85. The summed E-state index contributed by atoms with van der Waals surface area (Å²) in [5.74, 6) is -1.64. The fourth-order valence-corrected chi connectivity index (χ4v) is 0.519. The Hall–Kier alpha value is -2.00. The Morgan fingerprint density at radius 3 is 1.20 bits per heavy atom. The zero-order valence-corrected chi connectivity index (χ0v) is 10.1. The zero-order valence-electron chi connectivity index (χ0n) is 10.1. The van der Waals surface area contributed by atoms with E-state index in [4.69, 9.17) is 0 Å². The van der Waals surface area contributed by atoms with Gasteiger partial charge in [-0.1, -0.05) is 13.2 Å². The number of carbonyl (C=O) groups excluding carboxylic acids is 2. The van der Waals surface area contributed by atoms with Crippen molar-refractivity contribution in [2.45, 2.75) is 12.4 Å². The molecule has 0 spiro atoms. The summed E-state index contributed by atoms with van der Waals surface area (Å²) >= 11 is 0. The minimum atomic E-state index is -4.35. The van der Waals surface area contributed by atoms with Gasteiger partial charge in [0.25, 0.3) is 0 Å². The molecule has 0 aliphatic rings. The second-order valence-electron chi connectivity index (χ2n) is 3.07. The number of hydrogen-bond acceptors (Lipinski definition) is 2. The van der Waals surface area contributed by atoms with Gasteiger partial charge in [-0.05, 0) is 12.2 Å². The average molecular weight is 306 g/mol. The van der Waals surface area contributed by atoms with Crippen molar-refractivity contribution in [3.8, 4) is 0 Å². The van der Waals surface area contributed by atoms with Crippen molar-refractivity contribution in [1.82, 2.24) is 10.6 Å². The molecule has 20 heavy (non-hydrogen) atoms. The van der Waals surface area contributed by atoms with E-state index in [1.54, 1.807) is 10.6 Å². The van der Waals surface area contributed by atoms with Gasteiger partial charge in [0.2, 0.25) is 11.8 Å². The van der Waals surface area contributed by atoms with E-state index in [-0.39, 0.29) is 0 Å². The van der Waals surface area contributed by atoms with E-state index in [1.165, 1.54) is 0 Å². The summed E-state index contributed by atoms with van der Waals surface area (Å²) in [4.78, 5) is 20.3. The van der Waals surface area contributed by atoms with Crippen LogP contribution < -0.4 is 10.6 Å². The van der Waals surface area contributed by atoms with Gasteiger partial charge in [-0.3, -0.25) is 9.59 Å². The molecule has 0 unspecified atom stereocenters. The lowest BCUT2D eigenvalue weighted by molar-refractivity contribution is -0.135. The molecule has 0 aromatic heterocycles. The van der Waals surface area contributed by atoms with Crippen molar-refractivity contribution in [3.05, 3.63) is 25.3 Å². The van der Waals surface area contributed by atoms with Crippen LogP contribution in [0.4, 0.5) is 26.3 Å². The van der Waals surface area contributed by atoms with Gasteiger partial charge in [0.05, 0.1) is 0 Å². The summed E-state index contributed by atoms with van der Waals surface area (Å²) in [6.45, 7) is 3.35. The van der Waals surface area contributed by atoms with Gasteiger partial charge in [0, 0.05) is 0 Å². The van der Waals surface area contributed by atoms with E-state index in [2.05, 4.69) is 13.2 Å². The smallest absolute Gasteiger partial charge is 0.343 e. The van der Waals surface area contributed by atoms with Crippen LogP contribution in [0.15, 0.2) is 25.3 Å². The molecule has 0 atom stereocenters. The Labute approximate surface area is 110 Å². The summed E-state index contributed by atoms with van der Waals surface area (Å²) in [6, 6.07) is 0. The maximum Gasteiger partial charge on any atom is 0.405 e. The Kier molecular flexibility index (Phi) is 9.14. The molecule has 116 valence electrons. The second kappa shape index (κ2) is 8.99. The third kappa shape index (κ3) is 18.4. The van der Waals surface area contributed by atoms with Crippen molar-refractivity contribution < 1.29 is 35.9 Å². The summed E-state index contributed by atoms with van der Waals surface area (Å²) in [5, 5.41) is 3.18. The van der Waals surface area contributed by atoms with Gasteiger partial charge >= 0.3 is 12.4 Å². The molecular weight excluding hydrogens is 294 g/mol. The highest BCUT2D eigenvalue weighted by molar-refractivity contribution is 5.87. The van der Waals surface area contributed by atoms with Crippen LogP contribution in [0.2, 0.25) is 0 Å². The molecule has 0 aliphatic carbocycles. The minimum absolute atomic E-state index is 0.783. The van der Waals surface area contributed by atoms with Gasteiger partial charge in [-0.25, -0.2) is 0 Å². The third-order valence-electron chi connectivity index (χ3n) is 1.30. The zero-order chi connectivity index (χ0) is 16.4. The maximum atomic E-state index is 11.3. The predicted molar refractivity (Wildman–Crippen MR) is 58.5 cm³/mol. The summed E-state index contributed by atoms with van der Waals surface area (Å²) in [6.07, 6.45) is -7.13. The molecule has 0 rings (SSSR count). The second-order valence-corrected chi connectivity index (χ2v) is 3.07. The van der Waals surface area contributed by atoms with Crippen LogP contribution >= 0.6 is 0 Å². The van der Waals surface area contributed by atoms with Crippen LogP contribution in [0.3, 0.4) is 0 Å². The molecule has 10 heteroatoms. The lowest BCUT2D eigenvalue weighted by Gasteiger charge is -2.05. The molecule has 0 aromatic carbocycles. The lowest BCUT2D eigenvalue weighted by atomic mass is 10.5. The Morgan fingerprint density at radius 1 is 0.800 bits per heavy atom. The number of amides is 2. The monoisotopic (exact) mass is 306 g/mol. The number of nitrogens with one attached hydrogen (secondary N) is 2. The quantitative estimate of drug-likeness (QED) is 0.613. The Balaban J connectivity index is 0. The molecule has 0 radical (unpaired) electrons. The van der Waals surface area contributed by atoms with Gasteiger partial charge < -0.3 is 10.6 Å². The summed E-state index contributed by atoms with van der Waals surface area (Å²) in [5.41, 5.74) is 0. The van der Waals surface area contributed by atoms with E-state index in [0.29, 0.717) is 0 Å². The molecule has 0 bridgehead atoms. The first-order valence-corrected chi connectivity index (χ1v) is 4.85. The topological polar surface area (TPSA) is 58.2 Å². The Morgan fingerprint density at radius 2 is 1.05 bits per heavy atom. The van der Waals surface area contributed by atoms with Crippen molar-refractivity contribution in [2.75, 3.05) is 13.1 Å². The fraction of sp³-hybridized carbons (Fsp3) is 0.400. The van der Waals surface area contributed by atoms with Gasteiger partial charge in [-0.2, -0.15) is 26.3 Å². The van der Waals surface area contributed by atoms with Crippen molar-refractivity contribution >= 4 is 11.8 Å². The standard InChI is InChI=1S/2C5H6F3NO/c2*1-2-4(10)9-3-5(6,7)8/h2*2H,1,3H2,(H,9,10). The maximum absolute atomic E-state index is 11.3. The highest BCUT2D eigenvalue weighted by Gasteiger charge is 2.27. The van der Waals surface area contributed by atoms with Crippen molar-refractivity contribution in [1.29, 1.82) is 0 Å². The van der Waals surface area contributed by atoms with Crippen molar-refractivity contribution in [2.24, 2.45) is 0 Å². The number of rotatable bonds is 4. The van der Waals surface area contributed by atoms with E-state index in [9.17, 15) is 35.9 Å². The highest BCUT2D eigenvalue weighted by atomic mass is 19.4. The minimum Gasteiger partial charge on any atom is -0.343 e. The molecule has 0 saturated heterocycles. The van der Waals surface area contributed by atoms with Gasteiger partial charge in [-0.15, -0.1) is 0 Å². The summed E-state index contributed by atoms with van der Waals surface area (Å²) < 4.78 is 67.8. The highest BCUT2D eigenvalue weighted by Crippen LogP contribution is 2.12. The molecule has 2 amide bonds. The molecule has 0 heterocycles. The van der Waals surface area contributed by atoms with E-state index >= 15 is 0 Å².